The minimum Gasteiger partial charge on any atom is -0.341 e. The Hall–Kier alpha value is -2.51. The van der Waals surface area contributed by atoms with E-state index in [1.165, 1.54) is 12.1 Å². The topological polar surface area (TPSA) is 74.8 Å². The molecule has 0 saturated heterocycles. The number of nitrogens with one attached hydrogen (secondary N) is 2. The second-order valence-corrected chi connectivity index (χ2v) is 8.22. The Morgan fingerprint density at radius 3 is 2.41 bits per heavy atom. The molecule has 7 heteroatoms. The van der Waals surface area contributed by atoms with E-state index in [-0.39, 0.29) is 17.3 Å². The molecule has 27 heavy (non-hydrogen) atoms. The van der Waals surface area contributed by atoms with Crippen LogP contribution >= 0.6 is 0 Å². The normalized spacial score (nSPS) is 12.9. The summed E-state index contributed by atoms with van der Waals surface area (Å²) in [6.07, 6.45) is 2.59. The molecule has 0 fully saturated rings. The monoisotopic (exact) mass is 387 g/mol. The van der Waals surface area contributed by atoms with Gasteiger partial charge in [-0.15, -0.1) is 0 Å². The van der Waals surface area contributed by atoms with Gasteiger partial charge in [-0.1, -0.05) is 26.0 Å². The predicted molar refractivity (Wildman–Crippen MR) is 103 cm³/mol. The third-order valence-corrected chi connectivity index (χ3v) is 6.00. The van der Waals surface area contributed by atoms with Gasteiger partial charge in [0.15, 0.2) is 0 Å². The number of sulfonamides is 1. The number of halogens is 1. The van der Waals surface area contributed by atoms with Crippen LogP contribution in [-0.2, 0) is 16.6 Å². The highest BCUT2D eigenvalue weighted by atomic mass is 32.2. The lowest BCUT2D eigenvalue weighted by Gasteiger charge is -2.10. The summed E-state index contributed by atoms with van der Waals surface area (Å²) in [5.41, 5.74) is 2.59. The first-order valence-corrected chi connectivity index (χ1v) is 10.3. The Morgan fingerprint density at radius 1 is 1.11 bits per heavy atom. The van der Waals surface area contributed by atoms with Crippen LogP contribution in [0.5, 0.6) is 0 Å². The summed E-state index contributed by atoms with van der Waals surface area (Å²) in [5, 5.41) is 0. The zero-order chi connectivity index (χ0) is 19.4. The number of aromatic amines is 1. The maximum Gasteiger partial charge on any atom is 0.240 e. The lowest BCUT2D eigenvalue weighted by Crippen LogP contribution is -2.23. The van der Waals surface area contributed by atoms with E-state index in [0.29, 0.717) is 17.4 Å². The minimum atomic E-state index is -3.63. The number of hydrogen-bond donors (Lipinski definition) is 2. The number of imidazole rings is 1. The van der Waals surface area contributed by atoms with Crippen molar-refractivity contribution in [2.75, 3.05) is 0 Å². The van der Waals surface area contributed by atoms with Crippen molar-refractivity contribution in [2.24, 2.45) is 0 Å². The Morgan fingerprint density at radius 2 is 1.78 bits per heavy atom. The van der Waals surface area contributed by atoms with Gasteiger partial charge in [0, 0.05) is 0 Å². The third kappa shape index (κ3) is 4.61. The first kappa shape index (κ1) is 19.3. The van der Waals surface area contributed by atoms with Crippen LogP contribution in [0.4, 0.5) is 4.39 Å². The smallest absolute Gasteiger partial charge is 0.240 e. The van der Waals surface area contributed by atoms with Crippen LogP contribution in [0.3, 0.4) is 0 Å². The fourth-order valence-electron chi connectivity index (χ4n) is 2.69. The third-order valence-electron chi connectivity index (χ3n) is 4.59. The molecule has 5 nitrogen and oxygen atoms in total. The van der Waals surface area contributed by atoms with Crippen LogP contribution in [0.2, 0.25) is 0 Å². The molecule has 0 spiro atoms. The highest BCUT2D eigenvalue weighted by Crippen LogP contribution is 2.21. The zero-order valence-electron chi connectivity index (χ0n) is 15.2. The molecule has 0 bridgehead atoms. The summed E-state index contributed by atoms with van der Waals surface area (Å²) in [6.45, 7) is 4.24. The number of H-pyrrole nitrogens is 1. The van der Waals surface area contributed by atoms with E-state index >= 15 is 0 Å². The van der Waals surface area contributed by atoms with E-state index in [9.17, 15) is 12.8 Å². The molecule has 0 aliphatic heterocycles. The second-order valence-electron chi connectivity index (χ2n) is 6.45. The molecule has 0 aliphatic rings. The number of hydrogen-bond acceptors (Lipinski definition) is 3. The second kappa shape index (κ2) is 8.02. The van der Waals surface area contributed by atoms with E-state index in [1.807, 2.05) is 12.1 Å². The summed E-state index contributed by atoms with van der Waals surface area (Å²) < 4.78 is 40.5. The molecular weight excluding hydrogens is 365 g/mol. The number of aromatic nitrogens is 2. The van der Waals surface area contributed by atoms with Crippen LogP contribution in [-0.4, -0.2) is 18.4 Å². The van der Waals surface area contributed by atoms with Crippen molar-refractivity contribution >= 4 is 10.0 Å². The van der Waals surface area contributed by atoms with Gasteiger partial charge in [-0.05, 0) is 59.9 Å². The Balaban J connectivity index is 1.68. The van der Waals surface area contributed by atoms with Crippen molar-refractivity contribution < 1.29 is 12.8 Å². The molecule has 142 valence electrons. The van der Waals surface area contributed by atoms with E-state index < -0.39 is 10.0 Å². The SMILES string of the molecule is CC[C@H](C)c1ccc(S(=O)(=O)NCc2ncc(-c3ccc(F)cc3)[nH]2)cc1. The average Bonchev–Trinajstić information content (AvgIpc) is 3.15. The molecule has 1 heterocycles. The molecule has 0 saturated carbocycles. The van der Waals surface area contributed by atoms with Crippen molar-refractivity contribution in [3.05, 3.63) is 71.9 Å². The van der Waals surface area contributed by atoms with Crippen molar-refractivity contribution in [1.29, 1.82) is 0 Å². The van der Waals surface area contributed by atoms with E-state index in [4.69, 9.17) is 0 Å². The van der Waals surface area contributed by atoms with Crippen molar-refractivity contribution in [3.63, 3.8) is 0 Å². The van der Waals surface area contributed by atoms with Crippen molar-refractivity contribution in [3.8, 4) is 11.3 Å². The van der Waals surface area contributed by atoms with Gasteiger partial charge in [0.05, 0.1) is 23.3 Å². The van der Waals surface area contributed by atoms with Crippen LogP contribution < -0.4 is 4.72 Å². The first-order valence-electron chi connectivity index (χ1n) is 8.78. The van der Waals surface area contributed by atoms with Gasteiger partial charge in [-0.25, -0.2) is 22.5 Å². The highest BCUT2D eigenvalue weighted by molar-refractivity contribution is 7.89. The summed E-state index contributed by atoms with van der Waals surface area (Å²) in [5.74, 6) is 0.558. The predicted octanol–water partition coefficient (Wildman–Crippen LogP) is 4.21. The van der Waals surface area contributed by atoms with Gasteiger partial charge in [0.1, 0.15) is 11.6 Å². The molecule has 3 aromatic rings. The van der Waals surface area contributed by atoms with Gasteiger partial charge >= 0.3 is 0 Å². The standard InChI is InChI=1S/C20H22FN3O2S/c1-3-14(2)15-6-10-18(11-7-15)27(25,26)23-13-20-22-12-19(24-20)16-4-8-17(21)9-5-16/h4-12,14,23H,3,13H2,1-2H3,(H,22,24)/t14-/m0/s1. The minimum absolute atomic E-state index is 0.0383. The summed E-state index contributed by atoms with van der Waals surface area (Å²) >= 11 is 0. The lowest BCUT2D eigenvalue weighted by atomic mass is 9.99. The Labute approximate surface area is 158 Å². The Kier molecular flexibility index (Phi) is 5.72. The van der Waals surface area contributed by atoms with Crippen LogP contribution in [0.25, 0.3) is 11.3 Å². The van der Waals surface area contributed by atoms with E-state index in [2.05, 4.69) is 28.5 Å². The van der Waals surface area contributed by atoms with Crippen LogP contribution in [0.1, 0.15) is 37.6 Å². The molecule has 2 aromatic carbocycles. The largest absolute Gasteiger partial charge is 0.341 e. The van der Waals surface area contributed by atoms with Crippen LogP contribution in [0.15, 0.2) is 59.6 Å². The van der Waals surface area contributed by atoms with Gasteiger partial charge in [0.25, 0.3) is 0 Å². The van der Waals surface area contributed by atoms with Gasteiger partial charge < -0.3 is 4.98 Å². The zero-order valence-corrected chi connectivity index (χ0v) is 16.1. The van der Waals surface area contributed by atoms with Gasteiger partial charge in [0.2, 0.25) is 10.0 Å². The number of rotatable bonds is 7. The molecular formula is C20H22FN3O2S. The maximum absolute atomic E-state index is 13.0. The fourth-order valence-corrected chi connectivity index (χ4v) is 3.67. The number of nitrogens with zero attached hydrogens (tertiary/aromatic N) is 1. The van der Waals surface area contributed by atoms with Gasteiger partial charge in [-0.3, -0.25) is 0 Å². The highest BCUT2D eigenvalue weighted by Gasteiger charge is 2.15. The molecule has 1 atom stereocenters. The fraction of sp³-hybridized carbons (Fsp3) is 0.250. The molecule has 0 aliphatic carbocycles. The quantitative estimate of drug-likeness (QED) is 0.638. The molecule has 2 N–H and O–H groups in total. The van der Waals surface area contributed by atoms with Crippen molar-refractivity contribution in [1.82, 2.24) is 14.7 Å². The summed E-state index contributed by atoms with van der Waals surface area (Å²) in [4.78, 5) is 7.45. The van der Waals surface area contributed by atoms with E-state index in [0.717, 1.165) is 17.5 Å². The van der Waals surface area contributed by atoms with Crippen molar-refractivity contribution in [2.45, 2.75) is 37.6 Å². The Bertz CT molecular complexity index is 996. The molecule has 0 amide bonds. The summed E-state index contributed by atoms with van der Waals surface area (Å²) in [6, 6.07) is 12.9. The maximum atomic E-state index is 13.0. The van der Waals surface area contributed by atoms with Gasteiger partial charge in [-0.2, -0.15) is 0 Å². The summed E-state index contributed by atoms with van der Waals surface area (Å²) in [7, 11) is -3.63. The molecule has 0 unspecified atom stereocenters. The lowest BCUT2D eigenvalue weighted by molar-refractivity contribution is 0.579. The molecule has 3 rings (SSSR count). The van der Waals surface area contributed by atoms with E-state index in [1.54, 1.807) is 30.5 Å². The molecule has 0 radical (unpaired) electrons. The first-order chi connectivity index (χ1) is 12.9. The average molecular weight is 387 g/mol. The number of benzene rings is 2. The van der Waals surface area contributed by atoms with Crippen LogP contribution in [0, 0.1) is 5.82 Å². The molecule has 1 aromatic heterocycles.